The maximum atomic E-state index is 13.0. The van der Waals surface area contributed by atoms with Crippen molar-refractivity contribution >= 4 is 23.0 Å². The van der Waals surface area contributed by atoms with Crippen LogP contribution < -0.4 is 0 Å². The number of Topliss-reactive ketones (excluding diaryl/α,β-unsaturated/α-hetero) is 1. The average molecular weight is 388 g/mol. The molecule has 0 radical (unpaired) electrons. The second-order valence-electron chi connectivity index (χ2n) is 6.44. The third-order valence-corrected chi connectivity index (χ3v) is 5.74. The van der Waals surface area contributed by atoms with Crippen molar-refractivity contribution in [2.24, 2.45) is 0 Å². The van der Waals surface area contributed by atoms with Crippen molar-refractivity contribution in [1.29, 1.82) is 0 Å². The monoisotopic (exact) mass is 388 g/mol. The highest BCUT2D eigenvalue weighted by atomic mass is 32.1. The molecule has 4 rings (SSSR count). The van der Waals surface area contributed by atoms with Crippen LogP contribution in [0.15, 0.2) is 51.7 Å². The Kier molecular flexibility index (Phi) is 5.11. The standard InChI is InChI=1S/C19H20N2O5S/c22-17(14-4-2-12-27-14)15-16(13-3-1-9-26-13)21(19(24)18(15)23)6-5-20-7-10-25-11-8-20/h1-4,9,12,16,23H,5-8,10-11H2. The summed E-state index contributed by atoms with van der Waals surface area (Å²) in [6, 6.07) is 6.17. The molecule has 8 heteroatoms. The van der Waals surface area contributed by atoms with E-state index < -0.39 is 17.7 Å². The van der Waals surface area contributed by atoms with E-state index in [4.69, 9.17) is 9.15 Å². The van der Waals surface area contributed by atoms with Gasteiger partial charge in [0.05, 0.1) is 29.9 Å². The lowest BCUT2D eigenvalue weighted by atomic mass is 10.0. The smallest absolute Gasteiger partial charge is 0.290 e. The van der Waals surface area contributed by atoms with Crippen LogP contribution in [0.25, 0.3) is 0 Å². The number of carbonyl (C=O) groups is 2. The van der Waals surface area contributed by atoms with Gasteiger partial charge in [0.15, 0.2) is 5.76 Å². The van der Waals surface area contributed by atoms with E-state index in [0.717, 1.165) is 13.1 Å². The van der Waals surface area contributed by atoms with E-state index in [-0.39, 0.29) is 11.4 Å². The number of aliphatic hydroxyl groups is 1. The maximum Gasteiger partial charge on any atom is 0.290 e. The number of nitrogens with zero attached hydrogens (tertiary/aromatic N) is 2. The van der Waals surface area contributed by atoms with Crippen LogP contribution in [0.2, 0.25) is 0 Å². The van der Waals surface area contributed by atoms with E-state index in [1.165, 1.54) is 22.5 Å². The molecular weight excluding hydrogens is 368 g/mol. The van der Waals surface area contributed by atoms with E-state index in [2.05, 4.69) is 4.90 Å². The van der Waals surface area contributed by atoms with Gasteiger partial charge >= 0.3 is 0 Å². The quantitative estimate of drug-likeness (QED) is 0.765. The summed E-state index contributed by atoms with van der Waals surface area (Å²) in [4.78, 5) is 29.9. The number of hydrogen-bond donors (Lipinski definition) is 1. The van der Waals surface area contributed by atoms with Crippen LogP contribution >= 0.6 is 11.3 Å². The molecular formula is C19H20N2O5S. The van der Waals surface area contributed by atoms with Gasteiger partial charge in [0.2, 0.25) is 5.78 Å². The van der Waals surface area contributed by atoms with Gasteiger partial charge in [-0.3, -0.25) is 14.5 Å². The summed E-state index contributed by atoms with van der Waals surface area (Å²) < 4.78 is 10.9. The number of aliphatic hydroxyl groups excluding tert-OH is 1. The van der Waals surface area contributed by atoms with Crippen molar-refractivity contribution < 1.29 is 23.8 Å². The number of thiophene rings is 1. The van der Waals surface area contributed by atoms with Crippen LogP contribution in [0.4, 0.5) is 0 Å². The molecule has 1 fully saturated rings. The fourth-order valence-electron chi connectivity index (χ4n) is 3.47. The van der Waals surface area contributed by atoms with Gasteiger partial charge in [0, 0.05) is 26.2 Å². The highest BCUT2D eigenvalue weighted by Crippen LogP contribution is 2.39. The second-order valence-corrected chi connectivity index (χ2v) is 7.39. The molecule has 1 unspecified atom stereocenters. The fourth-order valence-corrected chi connectivity index (χ4v) is 4.15. The summed E-state index contributed by atoms with van der Waals surface area (Å²) >= 11 is 1.28. The molecule has 2 aliphatic rings. The van der Waals surface area contributed by atoms with Crippen LogP contribution in [-0.4, -0.2) is 66.0 Å². The van der Waals surface area contributed by atoms with E-state index in [9.17, 15) is 14.7 Å². The number of ether oxygens (including phenoxy) is 1. The minimum atomic E-state index is -0.719. The fraction of sp³-hybridized carbons (Fsp3) is 0.368. The number of ketones is 1. The highest BCUT2D eigenvalue weighted by molar-refractivity contribution is 7.12. The summed E-state index contributed by atoms with van der Waals surface area (Å²) in [6.45, 7) is 3.96. The molecule has 0 saturated carbocycles. The zero-order chi connectivity index (χ0) is 18.8. The maximum absolute atomic E-state index is 13.0. The molecule has 27 heavy (non-hydrogen) atoms. The Bertz CT molecular complexity index is 838. The Morgan fingerprint density at radius 2 is 2.04 bits per heavy atom. The number of morpholine rings is 1. The molecule has 1 N–H and O–H groups in total. The lowest BCUT2D eigenvalue weighted by Crippen LogP contribution is -2.43. The SMILES string of the molecule is O=C(C1=C(O)C(=O)N(CCN2CCOCC2)C1c1ccco1)c1cccs1. The Balaban J connectivity index is 1.62. The molecule has 0 aliphatic carbocycles. The molecule has 1 amide bonds. The van der Waals surface area contributed by atoms with Gasteiger partial charge in [-0.2, -0.15) is 0 Å². The van der Waals surface area contributed by atoms with Gasteiger partial charge in [0.25, 0.3) is 5.91 Å². The van der Waals surface area contributed by atoms with Crippen LogP contribution in [-0.2, 0) is 9.53 Å². The zero-order valence-corrected chi connectivity index (χ0v) is 15.5. The second kappa shape index (κ2) is 7.67. The predicted molar refractivity (Wildman–Crippen MR) is 98.7 cm³/mol. The van der Waals surface area contributed by atoms with Gasteiger partial charge in [-0.05, 0) is 23.6 Å². The van der Waals surface area contributed by atoms with Gasteiger partial charge in [0.1, 0.15) is 11.8 Å². The third-order valence-electron chi connectivity index (χ3n) is 4.87. The first kappa shape index (κ1) is 18.0. The number of hydrogen-bond acceptors (Lipinski definition) is 7. The van der Waals surface area contributed by atoms with Crippen molar-refractivity contribution in [2.75, 3.05) is 39.4 Å². The molecule has 142 valence electrons. The summed E-state index contributed by atoms with van der Waals surface area (Å²) in [5.74, 6) is -0.901. The predicted octanol–water partition coefficient (Wildman–Crippen LogP) is 2.25. The minimum Gasteiger partial charge on any atom is -0.503 e. The zero-order valence-electron chi connectivity index (χ0n) is 14.7. The first-order valence-corrected chi connectivity index (χ1v) is 9.70. The lowest BCUT2D eigenvalue weighted by Gasteiger charge is -2.30. The topological polar surface area (TPSA) is 83.2 Å². The van der Waals surface area contributed by atoms with E-state index in [1.807, 2.05) is 0 Å². The molecule has 0 aromatic carbocycles. The molecule has 0 bridgehead atoms. The van der Waals surface area contributed by atoms with Crippen LogP contribution in [0.5, 0.6) is 0 Å². The van der Waals surface area contributed by atoms with Gasteiger partial charge < -0.3 is 19.2 Å². The first-order chi connectivity index (χ1) is 13.2. The van der Waals surface area contributed by atoms with E-state index >= 15 is 0 Å². The van der Waals surface area contributed by atoms with E-state index in [1.54, 1.807) is 29.6 Å². The largest absolute Gasteiger partial charge is 0.503 e. The Hall–Kier alpha value is -2.42. The van der Waals surface area contributed by atoms with Gasteiger partial charge in [-0.15, -0.1) is 11.3 Å². The Labute approximate surface area is 160 Å². The molecule has 7 nitrogen and oxygen atoms in total. The number of carbonyl (C=O) groups excluding carboxylic acids is 2. The lowest BCUT2D eigenvalue weighted by molar-refractivity contribution is -0.130. The van der Waals surface area contributed by atoms with Crippen molar-refractivity contribution in [2.45, 2.75) is 6.04 Å². The summed E-state index contributed by atoms with van der Waals surface area (Å²) in [7, 11) is 0. The molecule has 2 aromatic rings. The first-order valence-electron chi connectivity index (χ1n) is 8.82. The number of amides is 1. The summed E-state index contributed by atoms with van der Waals surface area (Å²) in [5, 5.41) is 12.3. The molecule has 4 heterocycles. The van der Waals surface area contributed by atoms with Crippen molar-refractivity contribution in [1.82, 2.24) is 9.80 Å². The number of rotatable bonds is 6. The molecule has 1 saturated heterocycles. The van der Waals surface area contributed by atoms with Crippen molar-refractivity contribution in [3.63, 3.8) is 0 Å². The number of furan rings is 1. The summed E-state index contributed by atoms with van der Waals surface area (Å²) in [6.07, 6.45) is 1.50. The summed E-state index contributed by atoms with van der Waals surface area (Å²) in [5.41, 5.74) is 0.0828. The van der Waals surface area contributed by atoms with E-state index in [0.29, 0.717) is 36.9 Å². The molecule has 2 aliphatic heterocycles. The normalized spacial score (nSPS) is 21.3. The Morgan fingerprint density at radius 3 is 2.70 bits per heavy atom. The van der Waals surface area contributed by atoms with Crippen LogP contribution in [0.3, 0.4) is 0 Å². The third kappa shape index (κ3) is 3.43. The minimum absolute atomic E-state index is 0.0828. The average Bonchev–Trinajstić information content (AvgIpc) is 3.43. The molecule has 0 spiro atoms. The Morgan fingerprint density at radius 1 is 1.22 bits per heavy atom. The molecule has 2 aromatic heterocycles. The van der Waals surface area contributed by atoms with Crippen molar-refractivity contribution in [3.8, 4) is 0 Å². The van der Waals surface area contributed by atoms with Gasteiger partial charge in [-0.1, -0.05) is 6.07 Å². The van der Waals surface area contributed by atoms with Crippen LogP contribution in [0, 0.1) is 0 Å². The van der Waals surface area contributed by atoms with Crippen LogP contribution in [0.1, 0.15) is 21.5 Å². The van der Waals surface area contributed by atoms with Crippen molar-refractivity contribution in [3.05, 3.63) is 57.9 Å². The van der Waals surface area contributed by atoms with Gasteiger partial charge in [-0.25, -0.2) is 0 Å². The highest BCUT2D eigenvalue weighted by Gasteiger charge is 2.45. The molecule has 1 atom stereocenters.